The molecule has 9 heteroatoms. The molecule has 2 heterocycles. The van der Waals surface area contributed by atoms with E-state index >= 15 is 0 Å². The summed E-state index contributed by atoms with van der Waals surface area (Å²) in [7, 11) is -0.654. The minimum Gasteiger partial charge on any atom is -0.497 e. The van der Waals surface area contributed by atoms with Crippen LogP contribution in [0.25, 0.3) is 11.5 Å². The summed E-state index contributed by atoms with van der Waals surface area (Å²) >= 11 is 0. The number of rotatable bonds is 7. The SMILES string of the molecule is COc1ccc(-c2nc(S(=O)(=O)c3ccccc3)c(N3CCN(c4ccc(OC)cc4)CC3)o2)cc1. The second-order valence-electron chi connectivity index (χ2n) is 8.35. The molecule has 0 spiro atoms. The lowest BCUT2D eigenvalue weighted by atomic mass is 10.2. The third-order valence-electron chi connectivity index (χ3n) is 6.23. The van der Waals surface area contributed by atoms with E-state index in [2.05, 4.69) is 9.88 Å². The number of ether oxygens (including phenoxy) is 2. The van der Waals surface area contributed by atoms with Gasteiger partial charge in [0.25, 0.3) is 0 Å². The molecule has 1 saturated heterocycles. The molecule has 0 N–H and O–H groups in total. The Balaban J connectivity index is 1.47. The topological polar surface area (TPSA) is 85.1 Å². The van der Waals surface area contributed by atoms with Gasteiger partial charge in [-0.1, -0.05) is 18.2 Å². The molecule has 1 aliphatic heterocycles. The van der Waals surface area contributed by atoms with Crippen molar-refractivity contribution in [2.45, 2.75) is 9.92 Å². The molecule has 1 fully saturated rings. The van der Waals surface area contributed by atoms with Gasteiger partial charge in [-0.2, -0.15) is 4.98 Å². The highest BCUT2D eigenvalue weighted by Crippen LogP contribution is 2.36. The predicted molar refractivity (Wildman–Crippen MR) is 138 cm³/mol. The number of aromatic nitrogens is 1. The van der Waals surface area contributed by atoms with E-state index in [0.717, 1.165) is 11.4 Å². The van der Waals surface area contributed by atoms with Crippen molar-refractivity contribution in [2.75, 3.05) is 50.2 Å². The molecule has 0 unspecified atom stereocenters. The van der Waals surface area contributed by atoms with Crippen LogP contribution in [0.5, 0.6) is 11.5 Å². The molecule has 0 aliphatic carbocycles. The van der Waals surface area contributed by atoms with Crippen molar-refractivity contribution in [3.63, 3.8) is 0 Å². The van der Waals surface area contributed by atoms with Crippen molar-refractivity contribution < 1.29 is 22.3 Å². The monoisotopic (exact) mass is 505 g/mol. The van der Waals surface area contributed by atoms with E-state index < -0.39 is 9.84 Å². The van der Waals surface area contributed by atoms with Crippen LogP contribution >= 0.6 is 0 Å². The van der Waals surface area contributed by atoms with Crippen molar-refractivity contribution in [3.05, 3.63) is 78.9 Å². The Morgan fingerprint density at radius 1 is 0.750 bits per heavy atom. The van der Waals surface area contributed by atoms with Crippen molar-refractivity contribution >= 4 is 21.4 Å². The first-order valence-electron chi connectivity index (χ1n) is 11.6. The molecule has 3 aromatic carbocycles. The second kappa shape index (κ2) is 9.94. The van der Waals surface area contributed by atoms with Gasteiger partial charge in [0.1, 0.15) is 11.5 Å². The second-order valence-corrected chi connectivity index (χ2v) is 10.2. The zero-order chi connectivity index (χ0) is 25.1. The number of piperazine rings is 1. The number of sulfone groups is 1. The summed E-state index contributed by atoms with van der Waals surface area (Å²) in [6.07, 6.45) is 0. The lowest BCUT2D eigenvalue weighted by molar-refractivity contribution is 0.414. The molecular weight excluding hydrogens is 478 g/mol. The van der Waals surface area contributed by atoms with Gasteiger partial charge in [-0.25, -0.2) is 8.42 Å². The Morgan fingerprint density at radius 2 is 1.31 bits per heavy atom. The summed E-state index contributed by atoms with van der Waals surface area (Å²) in [6.45, 7) is 2.58. The smallest absolute Gasteiger partial charge is 0.236 e. The van der Waals surface area contributed by atoms with Gasteiger partial charge >= 0.3 is 0 Å². The van der Waals surface area contributed by atoms with Gasteiger partial charge in [0.05, 0.1) is 19.1 Å². The van der Waals surface area contributed by atoms with Crippen LogP contribution in [0.4, 0.5) is 11.6 Å². The van der Waals surface area contributed by atoms with Crippen molar-refractivity contribution in [1.82, 2.24) is 4.98 Å². The zero-order valence-corrected chi connectivity index (χ0v) is 20.9. The van der Waals surface area contributed by atoms with E-state index in [-0.39, 0.29) is 21.7 Å². The highest BCUT2D eigenvalue weighted by molar-refractivity contribution is 7.91. The Kier molecular flexibility index (Phi) is 6.56. The number of hydrogen-bond donors (Lipinski definition) is 0. The molecule has 0 amide bonds. The predicted octanol–water partition coefficient (Wildman–Crippen LogP) is 4.52. The number of anilines is 2. The van der Waals surface area contributed by atoms with Gasteiger partial charge < -0.3 is 23.7 Å². The van der Waals surface area contributed by atoms with Crippen LogP contribution in [-0.4, -0.2) is 53.8 Å². The van der Waals surface area contributed by atoms with Crippen LogP contribution < -0.4 is 19.3 Å². The molecule has 1 aromatic heterocycles. The molecule has 0 bridgehead atoms. The molecular formula is C27H27N3O5S. The first-order chi connectivity index (χ1) is 17.5. The maximum absolute atomic E-state index is 13.6. The maximum atomic E-state index is 13.6. The Bertz CT molecular complexity index is 1410. The average molecular weight is 506 g/mol. The van der Waals surface area contributed by atoms with E-state index in [1.165, 1.54) is 0 Å². The quantitative estimate of drug-likeness (QED) is 0.363. The van der Waals surface area contributed by atoms with Crippen LogP contribution in [0.3, 0.4) is 0 Å². The summed E-state index contributed by atoms with van der Waals surface area (Å²) in [5.74, 6) is 2.01. The van der Waals surface area contributed by atoms with E-state index in [9.17, 15) is 8.42 Å². The van der Waals surface area contributed by atoms with E-state index in [1.54, 1.807) is 68.8 Å². The van der Waals surface area contributed by atoms with Gasteiger partial charge in [-0.05, 0) is 60.7 Å². The van der Waals surface area contributed by atoms with Gasteiger partial charge in [0.15, 0.2) is 0 Å². The zero-order valence-electron chi connectivity index (χ0n) is 20.1. The van der Waals surface area contributed by atoms with Crippen LogP contribution in [0.1, 0.15) is 0 Å². The van der Waals surface area contributed by atoms with E-state index in [1.807, 2.05) is 29.2 Å². The number of methoxy groups -OCH3 is 2. The molecule has 5 rings (SSSR count). The summed E-state index contributed by atoms with van der Waals surface area (Å²) < 4.78 is 43.8. The third kappa shape index (κ3) is 4.61. The standard InChI is InChI=1S/C27H27N3O5S/c1-33-22-12-8-20(9-13-22)25-28-26(36(31,32)24-6-4-3-5-7-24)27(35-25)30-18-16-29(17-19-30)21-10-14-23(34-2)15-11-21/h3-15H,16-19H2,1-2H3. The van der Waals surface area contributed by atoms with Crippen molar-refractivity contribution in [3.8, 4) is 23.0 Å². The van der Waals surface area contributed by atoms with Crippen LogP contribution in [0, 0.1) is 0 Å². The fraction of sp³-hybridized carbons (Fsp3) is 0.222. The molecule has 1 aliphatic rings. The molecule has 0 radical (unpaired) electrons. The summed E-state index contributed by atoms with van der Waals surface area (Å²) in [5, 5.41) is -0.0718. The Labute approximate surface area is 210 Å². The molecule has 4 aromatic rings. The van der Waals surface area contributed by atoms with E-state index in [0.29, 0.717) is 37.5 Å². The molecule has 8 nitrogen and oxygen atoms in total. The Morgan fingerprint density at radius 3 is 1.89 bits per heavy atom. The minimum atomic E-state index is -3.89. The largest absolute Gasteiger partial charge is 0.497 e. The van der Waals surface area contributed by atoms with Gasteiger partial charge in [-0.15, -0.1) is 0 Å². The molecule has 0 atom stereocenters. The van der Waals surface area contributed by atoms with Crippen LogP contribution in [-0.2, 0) is 9.84 Å². The fourth-order valence-corrected chi connectivity index (χ4v) is 5.54. The van der Waals surface area contributed by atoms with Crippen molar-refractivity contribution in [2.24, 2.45) is 0 Å². The normalized spacial score (nSPS) is 14.1. The Hall–Kier alpha value is -3.98. The first kappa shape index (κ1) is 23.7. The number of oxazole rings is 1. The third-order valence-corrected chi connectivity index (χ3v) is 7.90. The number of hydrogen-bond acceptors (Lipinski definition) is 8. The first-order valence-corrected chi connectivity index (χ1v) is 13.1. The minimum absolute atomic E-state index is 0.0718. The van der Waals surface area contributed by atoms with Gasteiger partial charge in [0.2, 0.25) is 26.6 Å². The summed E-state index contributed by atoms with van der Waals surface area (Å²) in [5.41, 5.74) is 1.76. The summed E-state index contributed by atoms with van der Waals surface area (Å²) in [4.78, 5) is 8.88. The molecule has 36 heavy (non-hydrogen) atoms. The molecule has 186 valence electrons. The van der Waals surface area contributed by atoms with E-state index in [4.69, 9.17) is 13.9 Å². The number of nitrogens with zero attached hydrogens (tertiary/aromatic N) is 3. The average Bonchev–Trinajstić information content (AvgIpc) is 3.40. The van der Waals surface area contributed by atoms with Crippen LogP contribution in [0.15, 0.2) is 93.2 Å². The number of benzene rings is 3. The lowest BCUT2D eigenvalue weighted by Crippen LogP contribution is -2.46. The lowest BCUT2D eigenvalue weighted by Gasteiger charge is -2.36. The highest BCUT2D eigenvalue weighted by atomic mass is 32.2. The maximum Gasteiger partial charge on any atom is 0.236 e. The van der Waals surface area contributed by atoms with Gasteiger partial charge in [-0.3, -0.25) is 0 Å². The fourth-order valence-electron chi connectivity index (χ4n) is 4.20. The van der Waals surface area contributed by atoms with Crippen molar-refractivity contribution in [1.29, 1.82) is 0 Å². The highest BCUT2D eigenvalue weighted by Gasteiger charge is 2.32. The van der Waals surface area contributed by atoms with Gasteiger partial charge in [0, 0.05) is 37.4 Å². The summed E-state index contributed by atoms with van der Waals surface area (Å²) in [6, 6.07) is 23.4. The molecule has 0 saturated carbocycles. The van der Waals surface area contributed by atoms with Crippen LogP contribution in [0.2, 0.25) is 0 Å².